The molecule has 1 N–H and O–H groups in total. The zero-order valence-electron chi connectivity index (χ0n) is 10.2. The third-order valence-electron chi connectivity index (χ3n) is 3.47. The molecule has 1 saturated carbocycles. The molecule has 3 rings (SSSR count). The smallest absolute Gasteiger partial charge is 0.352 e. The Morgan fingerprint density at radius 1 is 1.44 bits per heavy atom. The van der Waals surface area contributed by atoms with Crippen molar-refractivity contribution in [2.24, 2.45) is 5.92 Å². The number of ether oxygens (including phenoxy) is 1. The molecule has 1 heterocycles. The second-order valence-electron chi connectivity index (χ2n) is 4.81. The molecule has 0 saturated heterocycles. The van der Waals surface area contributed by atoms with Gasteiger partial charge in [-0.2, -0.15) is 0 Å². The third kappa shape index (κ3) is 1.83. The number of aromatic nitrogens is 1. The van der Waals surface area contributed by atoms with Crippen molar-refractivity contribution in [3.63, 3.8) is 0 Å². The number of hydrogen-bond donors (Lipinski definition) is 1. The highest BCUT2D eigenvalue weighted by Crippen LogP contribution is 2.34. The van der Waals surface area contributed by atoms with Gasteiger partial charge < -0.3 is 14.4 Å². The van der Waals surface area contributed by atoms with Gasteiger partial charge in [0.2, 0.25) is 0 Å². The number of benzene rings is 1. The molecule has 4 nitrogen and oxygen atoms in total. The first-order valence-corrected chi connectivity index (χ1v) is 6.09. The van der Waals surface area contributed by atoms with Crippen molar-refractivity contribution in [3.8, 4) is 5.75 Å². The third-order valence-corrected chi connectivity index (χ3v) is 3.47. The minimum Gasteiger partial charge on any atom is -0.497 e. The molecule has 1 fully saturated rings. The Morgan fingerprint density at radius 3 is 2.83 bits per heavy atom. The van der Waals surface area contributed by atoms with Gasteiger partial charge in [0.05, 0.1) is 12.6 Å². The van der Waals surface area contributed by atoms with E-state index in [4.69, 9.17) is 4.74 Å². The Hall–Kier alpha value is -1.97. The van der Waals surface area contributed by atoms with Gasteiger partial charge in [-0.3, -0.25) is 0 Å². The van der Waals surface area contributed by atoms with Gasteiger partial charge >= 0.3 is 5.97 Å². The lowest BCUT2D eigenvalue weighted by Crippen LogP contribution is -2.09. The fourth-order valence-corrected chi connectivity index (χ4v) is 2.29. The summed E-state index contributed by atoms with van der Waals surface area (Å²) in [5, 5.41) is 10.2. The van der Waals surface area contributed by atoms with Gasteiger partial charge in [-0.1, -0.05) is 0 Å². The summed E-state index contributed by atoms with van der Waals surface area (Å²) < 4.78 is 7.11. The van der Waals surface area contributed by atoms with E-state index in [9.17, 15) is 9.90 Å². The van der Waals surface area contributed by atoms with Crippen molar-refractivity contribution in [3.05, 3.63) is 30.0 Å². The number of carbonyl (C=O) groups is 1. The Balaban J connectivity index is 2.17. The van der Waals surface area contributed by atoms with Crippen LogP contribution in [0.15, 0.2) is 24.3 Å². The first-order chi connectivity index (χ1) is 8.69. The molecule has 1 aromatic heterocycles. The van der Waals surface area contributed by atoms with Crippen LogP contribution in [0.4, 0.5) is 0 Å². The Morgan fingerprint density at radius 2 is 2.22 bits per heavy atom. The van der Waals surface area contributed by atoms with Crippen LogP contribution < -0.4 is 4.74 Å². The van der Waals surface area contributed by atoms with E-state index < -0.39 is 5.97 Å². The molecule has 0 amide bonds. The van der Waals surface area contributed by atoms with E-state index in [0.29, 0.717) is 11.6 Å². The molecule has 1 aliphatic carbocycles. The molecule has 0 spiro atoms. The lowest BCUT2D eigenvalue weighted by atomic mass is 10.2. The fraction of sp³-hybridized carbons (Fsp3) is 0.357. The normalized spacial score (nSPS) is 14.9. The van der Waals surface area contributed by atoms with E-state index in [1.54, 1.807) is 13.2 Å². The van der Waals surface area contributed by atoms with Crippen LogP contribution in [0.3, 0.4) is 0 Å². The number of methoxy groups -OCH3 is 1. The van der Waals surface area contributed by atoms with Crippen molar-refractivity contribution in [1.29, 1.82) is 0 Å². The maximum Gasteiger partial charge on any atom is 0.352 e. The predicted octanol–water partition coefficient (Wildman–Crippen LogP) is 2.76. The predicted molar refractivity (Wildman–Crippen MR) is 68.2 cm³/mol. The molecule has 1 aromatic carbocycles. The highest BCUT2D eigenvalue weighted by Gasteiger charge is 2.25. The maximum absolute atomic E-state index is 11.3. The van der Waals surface area contributed by atoms with Crippen molar-refractivity contribution < 1.29 is 14.6 Å². The summed E-state index contributed by atoms with van der Waals surface area (Å²) >= 11 is 0. The van der Waals surface area contributed by atoms with Gasteiger partial charge in [-0.25, -0.2) is 4.79 Å². The number of nitrogens with zero attached hydrogens (tertiary/aromatic N) is 1. The van der Waals surface area contributed by atoms with Crippen LogP contribution in [0, 0.1) is 5.92 Å². The van der Waals surface area contributed by atoms with E-state index in [2.05, 4.69) is 0 Å². The summed E-state index contributed by atoms with van der Waals surface area (Å²) in [5.41, 5.74) is 1.31. The van der Waals surface area contributed by atoms with Gasteiger partial charge in [-0.05, 0) is 37.0 Å². The lowest BCUT2D eigenvalue weighted by molar-refractivity contribution is 0.0685. The van der Waals surface area contributed by atoms with Crippen LogP contribution in [0.1, 0.15) is 23.3 Å². The van der Waals surface area contributed by atoms with E-state index in [0.717, 1.165) is 23.2 Å². The molecule has 18 heavy (non-hydrogen) atoms. The zero-order chi connectivity index (χ0) is 12.7. The highest BCUT2D eigenvalue weighted by molar-refractivity contribution is 5.95. The molecule has 2 aromatic rings. The van der Waals surface area contributed by atoms with Crippen LogP contribution in [0.2, 0.25) is 0 Å². The Kier molecular flexibility index (Phi) is 2.51. The molecule has 0 aliphatic heterocycles. The highest BCUT2D eigenvalue weighted by atomic mass is 16.5. The van der Waals surface area contributed by atoms with Crippen LogP contribution in [0.25, 0.3) is 10.9 Å². The minimum atomic E-state index is -0.870. The van der Waals surface area contributed by atoms with Crippen LogP contribution in [-0.4, -0.2) is 22.8 Å². The number of carboxylic acid groups (broad SMARTS) is 1. The largest absolute Gasteiger partial charge is 0.497 e. The van der Waals surface area contributed by atoms with E-state index >= 15 is 0 Å². The quantitative estimate of drug-likeness (QED) is 0.901. The molecular weight excluding hydrogens is 230 g/mol. The molecule has 1 aliphatic rings. The first-order valence-electron chi connectivity index (χ1n) is 6.09. The Bertz CT molecular complexity index is 611. The number of rotatable bonds is 4. The number of fused-ring (bicyclic) bond motifs is 1. The van der Waals surface area contributed by atoms with Crippen molar-refractivity contribution >= 4 is 16.9 Å². The summed E-state index contributed by atoms with van der Waals surface area (Å²) in [4.78, 5) is 11.3. The van der Waals surface area contributed by atoms with E-state index in [-0.39, 0.29) is 0 Å². The van der Waals surface area contributed by atoms with Gasteiger partial charge in [0.1, 0.15) is 11.4 Å². The van der Waals surface area contributed by atoms with Gasteiger partial charge in [-0.15, -0.1) is 0 Å². The fourth-order valence-electron chi connectivity index (χ4n) is 2.29. The average Bonchev–Trinajstić information content (AvgIpc) is 3.10. The topological polar surface area (TPSA) is 51.5 Å². The molecule has 0 radical (unpaired) electrons. The standard InChI is InChI=1S/C14H15NO3/c1-18-11-5-4-10-6-13(14(16)17)15(12(10)7-11)8-9-2-3-9/h4-7,9H,2-3,8H2,1H3,(H,16,17). The molecule has 4 heteroatoms. The van der Waals surface area contributed by atoms with Gasteiger partial charge in [0, 0.05) is 18.0 Å². The maximum atomic E-state index is 11.3. The summed E-state index contributed by atoms with van der Waals surface area (Å²) in [6.45, 7) is 0.790. The van der Waals surface area contributed by atoms with Crippen molar-refractivity contribution in [2.75, 3.05) is 7.11 Å². The van der Waals surface area contributed by atoms with Crippen molar-refractivity contribution in [1.82, 2.24) is 4.57 Å². The molecule has 0 bridgehead atoms. The number of hydrogen-bond acceptors (Lipinski definition) is 2. The molecule has 0 atom stereocenters. The number of carboxylic acids is 1. The summed E-state index contributed by atoms with van der Waals surface area (Å²) in [5.74, 6) is 0.519. The SMILES string of the molecule is COc1ccc2cc(C(=O)O)n(CC3CC3)c2c1. The second kappa shape index (κ2) is 4.05. The molecular formula is C14H15NO3. The summed E-state index contributed by atoms with van der Waals surface area (Å²) in [6, 6.07) is 7.41. The average molecular weight is 245 g/mol. The van der Waals surface area contributed by atoms with Crippen molar-refractivity contribution in [2.45, 2.75) is 19.4 Å². The van der Waals surface area contributed by atoms with Crippen LogP contribution in [0.5, 0.6) is 5.75 Å². The summed E-state index contributed by atoms with van der Waals surface area (Å²) in [7, 11) is 1.62. The van der Waals surface area contributed by atoms with Gasteiger partial charge in [0.25, 0.3) is 0 Å². The lowest BCUT2D eigenvalue weighted by Gasteiger charge is -2.08. The second-order valence-corrected chi connectivity index (χ2v) is 4.81. The molecule has 0 unspecified atom stereocenters. The van der Waals surface area contributed by atoms with E-state index in [1.165, 1.54) is 12.8 Å². The van der Waals surface area contributed by atoms with Crippen LogP contribution >= 0.6 is 0 Å². The van der Waals surface area contributed by atoms with E-state index in [1.807, 2.05) is 22.8 Å². The van der Waals surface area contributed by atoms with Crippen LogP contribution in [-0.2, 0) is 6.54 Å². The first kappa shape index (κ1) is 11.1. The van der Waals surface area contributed by atoms with Gasteiger partial charge in [0.15, 0.2) is 0 Å². The summed E-state index contributed by atoms with van der Waals surface area (Å²) in [6.07, 6.45) is 2.39. The zero-order valence-corrected chi connectivity index (χ0v) is 10.2. The number of aromatic carboxylic acids is 1. The monoisotopic (exact) mass is 245 g/mol. The minimum absolute atomic E-state index is 0.366. The Labute approximate surface area is 105 Å². The molecule has 94 valence electrons.